The fourth-order valence-corrected chi connectivity index (χ4v) is 4.75. The van der Waals surface area contributed by atoms with Crippen molar-refractivity contribution in [1.29, 1.82) is 0 Å². The number of phenols is 1. The van der Waals surface area contributed by atoms with Crippen molar-refractivity contribution in [3.63, 3.8) is 0 Å². The van der Waals surface area contributed by atoms with Crippen LogP contribution in [0.3, 0.4) is 0 Å². The van der Waals surface area contributed by atoms with Crippen LogP contribution in [0.25, 0.3) is 11.0 Å². The fraction of sp³-hybridized carbons (Fsp3) is 0.280. The Bertz CT molecular complexity index is 1390. The number of furan rings is 1. The van der Waals surface area contributed by atoms with Gasteiger partial charge in [-0.2, -0.15) is 0 Å². The van der Waals surface area contributed by atoms with E-state index in [1.54, 1.807) is 18.2 Å². The van der Waals surface area contributed by atoms with Crippen LogP contribution < -0.4 is 0 Å². The molecule has 11 heteroatoms. The summed E-state index contributed by atoms with van der Waals surface area (Å²) in [7, 11) is 0. The molecule has 1 amide bonds. The molecule has 0 spiro atoms. The highest BCUT2D eigenvalue weighted by atomic mass is 79.9. The third kappa shape index (κ3) is 4.59. The van der Waals surface area contributed by atoms with Crippen molar-refractivity contribution in [3.05, 3.63) is 79.7 Å². The van der Waals surface area contributed by atoms with Crippen LogP contribution in [0, 0.1) is 10.1 Å². The van der Waals surface area contributed by atoms with Crippen molar-refractivity contribution >= 4 is 44.3 Å². The van der Waals surface area contributed by atoms with Gasteiger partial charge in [-0.05, 0) is 49.0 Å². The molecular formula is C25H24BrN3O7. The van der Waals surface area contributed by atoms with E-state index in [2.05, 4.69) is 20.8 Å². The molecule has 0 bridgehead atoms. The number of fused-ring (bicyclic) bond motifs is 1. The van der Waals surface area contributed by atoms with Crippen molar-refractivity contribution < 1.29 is 29.1 Å². The number of likely N-dealkylation sites (N-methyl/N-ethyl adjacent to an activating group) is 1. The minimum absolute atomic E-state index is 0.0821. The van der Waals surface area contributed by atoms with E-state index in [-0.39, 0.29) is 23.4 Å². The number of phenolic OH excluding ortho intramolecular Hbond substituents is 1. The Morgan fingerprint density at radius 2 is 1.89 bits per heavy atom. The number of carbonyl (C=O) groups excluding carboxylic acids is 2. The second-order valence-electron chi connectivity index (χ2n) is 8.32. The zero-order valence-corrected chi connectivity index (χ0v) is 21.2. The van der Waals surface area contributed by atoms with Crippen molar-refractivity contribution in [2.45, 2.75) is 19.9 Å². The smallest absolute Gasteiger partial charge is 0.311 e. The van der Waals surface area contributed by atoms with Crippen LogP contribution in [0.15, 0.2) is 62.7 Å². The molecule has 36 heavy (non-hydrogen) atoms. The lowest BCUT2D eigenvalue weighted by Crippen LogP contribution is -2.38. The fourth-order valence-electron chi connectivity index (χ4n) is 4.37. The standard InChI is InChI=1S/C25H24BrN3O7/c1-3-27(4-2)9-10-28-22(14-5-7-18(30)17(12-14)29(34)35)21(24(32)25(28)33)23(31)20-13-15-11-16(26)6-8-19(15)36-20/h5-8,11-13,22,30,32H,3-4,9-10H2,1-2H3. The van der Waals surface area contributed by atoms with Crippen molar-refractivity contribution in [3.8, 4) is 5.75 Å². The molecule has 3 aromatic rings. The summed E-state index contributed by atoms with van der Waals surface area (Å²) in [5, 5.41) is 32.9. The largest absolute Gasteiger partial charge is 0.503 e. The number of aliphatic hydroxyl groups is 1. The number of amides is 1. The summed E-state index contributed by atoms with van der Waals surface area (Å²) in [5.41, 5.74) is -0.159. The third-order valence-electron chi connectivity index (χ3n) is 6.31. The van der Waals surface area contributed by atoms with Gasteiger partial charge in [0.25, 0.3) is 5.91 Å². The van der Waals surface area contributed by atoms with Gasteiger partial charge in [-0.25, -0.2) is 0 Å². The van der Waals surface area contributed by atoms with Gasteiger partial charge >= 0.3 is 5.69 Å². The first-order chi connectivity index (χ1) is 17.2. The van der Waals surface area contributed by atoms with E-state index in [0.29, 0.717) is 17.5 Å². The zero-order valence-electron chi connectivity index (χ0n) is 19.6. The molecule has 1 unspecified atom stereocenters. The minimum Gasteiger partial charge on any atom is -0.503 e. The first-order valence-corrected chi connectivity index (χ1v) is 12.1. The van der Waals surface area contributed by atoms with Gasteiger partial charge in [-0.1, -0.05) is 35.8 Å². The van der Waals surface area contributed by atoms with Crippen molar-refractivity contribution in [1.82, 2.24) is 9.80 Å². The molecule has 1 aliphatic heterocycles. The van der Waals surface area contributed by atoms with E-state index in [1.165, 1.54) is 17.0 Å². The number of Topliss-reactive ketones (excluding diaryl/α,β-unsaturated/α-hetero) is 1. The SMILES string of the molecule is CCN(CC)CCN1C(=O)C(O)=C(C(=O)c2cc3cc(Br)ccc3o2)C1c1ccc(O)c([N+](=O)[O-])c1. The number of nitro groups is 1. The maximum atomic E-state index is 13.6. The number of hydrogen-bond donors (Lipinski definition) is 2. The van der Waals surface area contributed by atoms with Crippen molar-refractivity contribution in [2.24, 2.45) is 0 Å². The van der Waals surface area contributed by atoms with E-state index >= 15 is 0 Å². The Morgan fingerprint density at radius 3 is 2.56 bits per heavy atom. The van der Waals surface area contributed by atoms with Crippen LogP contribution in [0.1, 0.15) is 36.0 Å². The molecule has 0 radical (unpaired) electrons. The zero-order chi connectivity index (χ0) is 26.1. The molecule has 0 saturated carbocycles. The molecule has 10 nitrogen and oxygen atoms in total. The molecule has 188 valence electrons. The number of nitro benzene ring substituents is 1. The second kappa shape index (κ2) is 10.1. The minimum atomic E-state index is -1.11. The topological polar surface area (TPSA) is 137 Å². The van der Waals surface area contributed by atoms with E-state index in [0.717, 1.165) is 29.7 Å². The summed E-state index contributed by atoms with van der Waals surface area (Å²) < 4.78 is 6.49. The maximum Gasteiger partial charge on any atom is 0.311 e. The predicted octanol–water partition coefficient (Wildman–Crippen LogP) is 4.73. The number of aliphatic hydroxyl groups excluding tert-OH is 1. The van der Waals surface area contributed by atoms with E-state index in [1.807, 2.05) is 13.8 Å². The number of ketones is 1. The predicted molar refractivity (Wildman–Crippen MR) is 135 cm³/mol. The van der Waals surface area contributed by atoms with Gasteiger partial charge < -0.3 is 24.4 Å². The lowest BCUT2D eigenvalue weighted by Gasteiger charge is -2.29. The first kappa shape index (κ1) is 25.4. The molecule has 1 aromatic heterocycles. The first-order valence-electron chi connectivity index (χ1n) is 11.3. The molecule has 4 rings (SSSR count). The van der Waals surface area contributed by atoms with Gasteiger partial charge in [0.15, 0.2) is 17.3 Å². The monoisotopic (exact) mass is 557 g/mol. The number of halogens is 1. The molecule has 0 aliphatic carbocycles. The quantitative estimate of drug-likeness (QED) is 0.219. The average Bonchev–Trinajstić information content (AvgIpc) is 3.38. The summed E-state index contributed by atoms with van der Waals surface area (Å²) in [6, 6.07) is 9.25. The number of rotatable bonds is 9. The molecular weight excluding hydrogens is 534 g/mol. The van der Waals surface area contributed by atoms with Gasteiger partial charge in [0.05, 0.1) is 16.5 Å². The second-order valence-corrected chi connectivity index (χ2v) is 9.23. The Balaban J connectivity index is 1.81. The van der Waals surface area contributed by atoms with Gasteiger partial charge in [-0.3, -0.25) is 19.7 Å². The van der Waals surface area contributed by atoms with Gasteiger partial charge in [0.2, 0.25) is 5.78 Å². The molecule has 0 saturated heterocycles. The normalized spacial score (nSPS) is 15.9. The lowest BCUT2D eigenvalue weighted by molar-refractivity contribution is -0.385. The van der Waals surface area contributed by atoms with E-state index < -0.39 is 39.9 Å². The highest BCUT2D eigenvalue weighted by Gasteiger charge is 2.45. The van der Waals surface area contributed by atoms with Crippen LogP contribution >= 0.6 is 15.9 Å². The molecule has 2 heterocycles. The molecule has 2 aromatic carbocycles. The number of nitrogens with zero attached hydrogens (tertiary/aromatic N) is 3. The van der Waals surface area contributed by atoms with Gasteiger partial charge in [0, 0.05) is 29.0 Å². The van der Waals surface area contributed by atoms with Crippen LogP contribution in [0.4, 0.5) is 5.69 Å². The molecule has 1 aliphatic rings. The van der Waals surface area contributed by atoms with Crippen LogP contribution in [0.2, 0.25) is 0 Å². The molecule has 0 fully saturated rings. The lowest BCUT2D eigenvalue weighted by atomic mass is 9.94. The van der Waals surface area contributed by atoms with Crippen LogP contribution in [-0.4, -0.2) is 62.8 Å². The molecule has 1 atom stereocenters. The number of hydrogen-bond acceptors (Lipinski definition) is 8. The summed E-state index contributed by atoms with van der Waals surface area (Å²) in [5.74, 6) is -2.83. The Hall–Kier alpha value is -3.70. The summed E-state index contributed by atoms with van der Waals surface area (Å²) in [6.45, 7) is 6.03. The summed E-state index contributed by atoms with van der Waals surface area (Å²) >= 11 is 3.37. The summed E-state index contributed by atoms with van der Waals surface area (Å²) in [4.78, 5) is 40.9. The maximum absolute atomic E-state index is 13.6. The third-order valence-corrected chi connectivity index (χ3v) is 6.81. The van der Waals surface area contributed by atoms with E-state index in [9.17, 15) is 29.9 Å². The Morgan fingerprint density at radius 1 is 1.17 bits per heavy atom. The van der Waals surface area contributed by atoms with Gasteiger partial charge in [0.1, 0.15) is 5.58 Å². The number of carbonyl (C=O) groups is 2. The van der Waals surface area contributed by atoms with E-state index in [4.69, 9.17) is 4.42 Å². The van der Waals surface area contributed by atoms with Crippen LogP contribution in [0.5, 0.6) is 5.75 Å². The average molecular weight is 558 g/mol. The highest BCUT2D eigenvalue weighted by Crippen LogP contribution is 2.41. The number of aromatic hydroxyl groups is 1. The van der Waals surface area contributed by atoms with Crippen LogP contribution in [-0.2, 0) is 4.79 Å². The van der Waals surface area contributed by atoms with Gasteiger partial charge in [-0.15, -0.1) is 0 Å². The number of benzene rings is 2. The molecule has 2 N–H and O–H groups in total. The Labute approximate surface area is 214 Å². The summed E-state index contributed by atoms with van der Waals surface area (Å²) in [6.07, 6.45) is 0. The van der Waals surface area contributed by atoms with Crippen molar-refractivity contribution in [2.75, 3.05) is 26.2 Å². The highest BCUT2D eigenvalue weighted by molar-refractivity contribution is 9.10. The Kier molecular flexibility index (Phi) is 7.14.